The lowest BCUT2D eigenvalue weighted by Gasteiger charge is -2.05. The molecular formula is C11H11FN4O2. The van der Waals surface area contributed by atoms with Gasteiger partial charge in [0.05, 0.1) is 11.3 Å². The second kappa shape index (κ2) is 4.82. The summed E-state index contributed by atoms with van der Waals surface area (Å²) in [6.07, 6.45) is 1.36. The van der Waals surface area contributed by atoms with Crippen molar-refractivity contribution in [2.24, 2.45) is 7.05 Å². The van der Waals surface area contributed by atoms with E-state index in [0.29, 0.717) is 5.82 Å². The molecule has 1 heterocycles. The lowest BCUT2D eigenvalue weighted by molar-refractivity contribution is 0.0458. The van der Waals surface area contributed by atoms with Crippen LogP contribution < -0.4 is 5.73 Å². The molecule has 0 aliphatic heterocycles. The zero-order chi connectivity index (χ0) is 13.1. The summed E-state index contributed by atoms with van der Waals surface area (Å²) in [7, 11) is 1.69. The third-order valence-electron chi connectivity index (χ3n) is 2.37. The van der Waals surface area contributed by atoms with Gasteiger partial charge in [-0.05, 0) is 18.2 Å². The molecule has 0 aliphatic rings. The zero-order valence-electron chi connectivity index (χ0n) is 9.63. The monoisotopic (exact) mass is 250 g/mol. The standard InChI is InChI=1S/C11H11FN4O2/c1-16-10(14-6-15-16)5-18-11(17)7-2-3-8(12)9(13)4-7/h2-4,6H,5,13H2,1H3. The summed E-state index contributed by atoms with van der Waals surface area (Å²) in [5.41, 5.74) is 5.46. The summed E-state index contributed by atoms with van der Waals surface area (Å²) in [4.78, 5) is 15.6. The molecule has 2 N–H and O–H groups in total. The molecule has 6 nitrogen and oxygen atoms in total. The molecule has 2 rings (SSSR count). The number of carbonyl (C=O) groups is 1. The van der Waals surface area contributed by atoms with Crippen LogP contribution in [0.15, 0.2) is 24.5 Å². The van der Waals surface area contributed by atoms with Crippen LogP contribution in [-0.4, -0.2) is 20.7 Å². The minimum atomic E-state index is -0.593. The van der Waals surface area contributed by atoms with Crippen LogP contribution in [0.5, 0.6) is 0 Å². The normalized spacial score (nSPS) is 10.3. The van der Waals surface area contributed by atoms with Crippen molar-refractivity contribution in [1.29, 1.82) is 0 Å². The van der Waals surface area contributed by atoms with E-state index in [9.17, 15) is 9.18 Å². The number of nitrogens with two attached hydrogens (primary N) is 1. The van der Waals surface area contributed by atoms with Crippen LogP contribution >= 0.6 is 0 Å². The van der Waals surface area contributed by atoms with E-state index in [2.05, 4.69) is 10.1 Å². The molecule has 0 fully saturated rings. The van der Waals surface area contributed by atoms with Crippen LogP contribution in [0.4, 0.5) is 10.1 Å². The molecule has 0 radical (unpaired) electrons. The van der Waals surface area contributed by atoms with Gasteiger partial charge in [0.2, 0.25) is 0 Å². The number of nitrogens with zero attached hydrogens (tertiary/aromatic N) is 3. The first-order valence-electron chi connectivity index (χ1n) is 5.13. The molecule has 1 aromatic heterocycles. The van der Waals surface area contributed by atoms with E-state index in [1.54, 1.807) is 7.05 Å². The summed E-state index contributed by atoms with van der Waals surface area (Å²) >= 11 is 0. The molecular weight excluding hydrogens is 239 g/mol. The van der Waals surface area contributed by atoms with Gasteiger partial charge in [-0.3, -0.25) is 4.68 Å². The van der Waals surface area contributed by atoms with E-state index >= 15 is 0 Å². The minimum Gasteiger partial charge on any atom is -0.454 e. The van der Waals surface area contributed by atoms with Crippen molar-refractivity contribution >= 4 is 11.7 Å². The molecule has 0 saturated heterocycles. The summed E-state index contributed by atoms with van der Waals surface area (Å²) in [5.74, 6) is -0.650. The number of rotatable bonds is 3. The Kier molecular flexibility index (Phi) is 3.22. The maximum Gasteiger partial charge on any atom is 0.338 e. The third-order valence-corrected chi connectivity index (χ3v) is 2.37. The van der Waals surface area contributed by atoms with E-state index in [1.807, 2.05) is 0 Å². The number of ether oxygens (including phenoxy) is 1. The fourth-order valence-corrected chi connectivity index (χ4v) is 1.33. The highest BCUT2D eigenvalue weighted by Crippen LogP contribution is 2.13. The molecule has 0 saturated carbocycles. The minimum absolute atomic E-state index is 0.00733. The van der Waals surface area contributed by atoms with Gasteiger partial charge in [0, 0.05) is 7.05 Å². The Labute approximate surface area is 102 Å². The fourth-order valence-electron chi connectivity index (χ4n) is 1.33. The fraction of sp³-hybridized carbons (Fsp3) is 0.182. The lowest BCUT2D eigenvalue weighted by atomic mass is 10.2. The molecule has 0 atom stereocenters. The van der Waals surface area contributed by atoms with Crippen molar-refractivity contribution < 1.29 is 13.9 Å². The molecule has 18 heavy (non-hydrogen) atoms. The zero-order valence-corrected chi connectivity index (χ0v) is 9.63. The van der Waals surface area contributed by atoms with Gasteiger partial charge in [-0.15, -0.1) is 0 Å². The van der Waals surface area contributed by atoms with Crippen molar-refractivity contribution in [1.82, 2.24) is 14.8 Å². The smallest absolute Gasteiger partial charge is 0.338 e. The number of nitrogen functional groups attached to an aromatic ring is 1. The van der Waals surface area contributed by atoms with Crippen LogP contribution in [0.25, 0.3) is 0 Å². The van der Waals surface area contributed by atoms with Crippen LogP contribution in [0.2, 0.25) is 0 Å². The van der Waals surface area contributed by atoms with Gasteiger partial charge in [-0.2, -0.15) is 5.10 Å². The molecule has 7 heteroatoms. The molecule has 0 spiro atoms. The molecule has 0 aliphatic carbocycles. The molecule has 0 amide bonds. The molecule has 1 aromatic carbocycles. The number of aromatic nitrogens is 3. The highest BCUT2D eigenvalue weighted by atomic mass is 19.1. The van der Waals surface area contributed by atoms with E-state index in [4.69, 9.17) is 10.5 Å². The third kappa shape index (κ3) is 2.45. The maximum atomic E-state index is 12.9. The van der Waals surface area contributed by atoms with Crippen LogP contribution in [-0.2, 0) is 18.4 Å². The number of aryl methyl sites for hydroxylation is 1. The number of esters is 1. The van der Waals surface area contributed by atoms with E-state index in [-0.39, 0.29) is 17.9 Å². The summed E-state index contributed by atoms with van der Waals surface area (Å²) in [6, 6.07) is 3.66. The number of hydrogen-bond acceptors (Lipinski definition) is 5. The van der Waals surface area contributed by atoms with E-state index in [1.165, 1.54) is 23.1 Å². The Hall–Kier alpha value is -2.44. The summed E-state index contributed by atoms with van der Waals surface area (Å²) in [5, 5.41) is 3.84. The second-order valence-electron chi connectivity index (χ2n) is 3.61. The van der Waals surface area contributed by atoms with E-state index < -0.39 is 11.8 Å². The van der Waals surface area contributed by atoms with Crippen LogP contribution in [0.3, 0.4) is 0 Å². The van der Waals surface area contributed by atoms with Gasteiger partial charge in [-0.25, -0.2) is 14.2 Å². The van der Waals surface area contributed by atoms with Gasteiger partial charge in [0.15, 0.2) is 12.4 Å². The lowest BCUT2D eigenvalue weighted by Crippen LogP contribution is -2.09. The number of carbonyl (C=O) groups excluding carboxylic acids is 1. The van der Waals surface area contributed by atoms with Gasteiger partial charge in [-0.1, -0.05) is 0 Å². The van der Waals surface area contributed by atoms with Crippen molar-refractivity contribution in [2.75, 3.05) is 5.73 Å². The summed E-state index contributed by atoms with van der Waals surface area (Å²) in [6.45, 7) is -0.00733. The number of hydrogen-bond donors (Lipinski definition) is 1. The first-order chi connectivity index (χ1) is 8.58. The Morgan fingerprint density at radius 3 is 2.94 bits per heavy atom. The second-order valence-corrected chi connectivity index (χ2v) is 3.61. The highest BCUT2D eigenvalue weighted by Gasteiger charge is 2.11. The van der Waals surface area contributed by atoms with Crippen molar-refractivity contribution in [2.45, 2.75) is 6.61 Å². The quantitative estimate of drug-likeness (QED) is 0.646. The van der Waals surface area contributed by atoms with Gasteiger partial charge in [0.1, 0.15) is 12.1 Å². The predicted molar refractivity (Wildman–Crippen MR) is 60.9 cm³/mol. The van der Waals surface area contributed by atoms with Gasteiger partial charge >= 0.3 is 5.97 Å². The SMILES string of the molecule is Cn1ncnc1COC(=O)c1ccc(F)c(N)c1. The molecule has 2 aromatic rings. The Morgan fingerprint density at radius 1 is 1.56 bits per heavy atom. The average Bonchev–Trinajstić information content (AvgIpc) is 2.75. The van der Waals surface area contributed by atoms with Crippen LogP contribution in [0.1, 0.15) is 16.2 Å². The topological polar surface area (TPSA) is 83.0 Å². The maximum absolute atomic E-state index is 12.9. The molecule has 0 unspecified atom stereocenters. The predicted octanol–water partition coefficient (Wildman–Crippen LogP) is 0.893. The highest BCUT2D eigenvalue weighted by molar-refractivity contribution is 5.90. The van der Waals surface area contributed by atoms with Crippen LogP contribution in [0, 0.1) is 5.82 Å². The first kappa shape index (κ1) is 12.0. The van der Waals surface area contributed by atoms with Crippen molar-refractivity contribution in [3.63, 3.8) is 0 Å². The van der Waals surface area contributed by atoms with Crippen molar-refractivity contribution in [3.8, 4) is 0 Å². The largest absolute Gasteiger partial charge is 0.454 e. The van der Waals surface area contributed by atoms with Gasteiger partial charge < -0.3 is 10.5 Å². The number of benzene rings is 1. The molecule has 94 valence electrons. The molecule has 0 bridgehead atoms. The Bertz CT molecular complexity index is 582. The number of halogens is 1. The van der Waals surface area contributed by atoms with Crippen molar-refractivity contribution in [3.05, 3.63) is 41.7 Å². The Balaban J connectivity index is 2.04. The van der Waals surface area contributed by atoms with E-state index in [0.717, 1.165) is 6.07 Å². The first-order valence-corrected chi connectivity index (χ1v) is 5.13. The van der Waals surface area contributed by atoms with Gasteiger partial charge in [0.25, 0.3) is 0 Å². The average molecular weight is 250 g/mol. The Morgan fingerprint density at radius 2 is 2.33 bits per heavy atom. The summed E-state index contributed by atoms with van der Waals surface area (Å²) < 4.78 is 19.4. The number of anilines is 1.